The van der Waals surface area contributed by atoms with Crippen LogP contribution in [0.2, 0.25) is 0 Å². The highest BCUT2D eigenvalue weighted by molar-refractivity contribution is 6.04. The van der Waals surface area contributed by atoms with E-state index >= 15 is 0 Å². The number of halogens is 2. The number of oxime groups is 1. The Kier molecular flexibility index (Phi) is 4.80. The SMILES string of the molecule is CN(CC1CCCC1O)C(=O)C1CC(c2cc(F)ccc2F)=NO1. The Labute approximate surface area is 138 Å². The maximum Gasteiger partial charge on any atom is 0.266 e. The molecule has 0 bridgehead atoms. The Balaban J connectivity index is 1.61. The lowest BCUT2D eigenvalue weighted by molar-refractivity contribution is -0.141. The Morgan fingerprint density at radius 2 is 2.21 bits per heavy atom. The van der Waals surface area contributed by atoms with Crippen molar-refractivity contribution in [3.8, 4) is 0 Å². The van der Waals surface area contributed by atoms with Gasteiger partial charge >= 0.3 is 0 Å². The summed E-state index contributed by atoms with van der Waals surface area (Å²) in [6.07, 6.45) is 1.49. The molecule has 0 saturated heterocycles. The third kappa shape index (κ3) is 3.40. The molecular formula is C17H20F2N2O3. The summed E-state index contributed by atoms with van der Waals surface area (Å²) in [6.45, 7) is 0.448. The summed E-state index contributed by atoms with van der Waals surface area (Å²) in [5, 5.41) is 13.6. The number of aliphatic hydroxyl groups is 1. The van der Waals surface area contributed by atoms with E-state index in [0.717, 1.165) is 37.5 Å². The van der Waals surface area contributed by atoms with E-state index in [0.29, 0.717) is 6.54 Å². The van der Waals surface area contributed by atoms with Gasteiger partial charge in [0.25, 0.3) is 5.91 Å². The van der Waals surface area contributed by atoms with E-state index in [4.69, 9.17) is 4.84 Å². The van der Waals surface area contributed by atoms with Crippen LogP contribution in [-0.2, 0) is 9.63 Å². The monoisotopic (exact) mass is 338 g/mol. The molecule has 5 nitrogen and oxygen atoms in total. The normalized spacial score (nSPS) is 26.2. The number of amides is 1. The smallest absolute Gasteiger partial charge is 0.266 e. The molecule has 1 aliphatic carbocycles. The first-order valence-electron chi connectivity index (χ1n) is 8.07. The summed E-state index contributed by atoms with van der Waals surface area (Å²) in [4.78, 5) is 19.1. The lowest BCUT2D eigenvalue weighted by Crippen LogP contribution is -2.40. The van der Waals surface area contributed by atoms with Crippen molar-refractivity contribution < 1.29 is 23.5 Å². The third-order valence-electron chi connectivity index (χ3n) is 4.69. The Morgan fingerprint density at radius 1 is 1.42 bits per heavy atom. The molecule has 3 rings (SSSR count). The van der Waals surface area contributed by atoms with Gasteiger partial charge < -0.3 is 14.8 Å². The quantitative estimate of drug-likeness (QED) is 0.914. The molecule has 1 aliphatic heterocycles. The molecule has 0 aromatic heterocycles. The van der Waals surface area contributed by atoms with E-state index in [9.17, 15) is 18.7 Å². The van der Waals surface area contributed by atoms with Gasteiger partial charge in [-0.15, -0.1) is 0 Å². The zero-order chi connectivity index (χ0) is 17.3. The number of hydrogen-bond acceptors (Lipinski definition) is 4. The molecule has 24 heavy (non-hydrogen) atoms. The van der Waals surface area contributed by atoms with Crippen molar-refractivity contribution in [1.82, 2.24) is 4.90 Å². The van der Waals surface area contributed by atoms with Crippen LogP contribution in [0, 0.1) is 17.6 Å². The van der Waals surface area contributed by atoms with Crippen LogP contribution in [0.25, 0.3) is 0 Å². The first-order chi connectivity index (χ1) is 11.5. The predicted molar refractivity (Wildman–Crippen MR) is 83.4 cm³/mol. The number of nitrogens with zero attached hydrogens (tertiary/aromatic N) is 2. The lowest BCUT2D eigenvalue weighted by atomic mass is 10.0. The van der Waals surface area contributed by atoms with Gasteiger partial charge in [-0.05, 0) is 31.0 Å². The number of benzene rings is 1. The molecule has 7 heteroatoms. The number of rotatable bonds is 4. The fourth-order valence-corrected chi connectivity index (χ4v) is 3.31. The largest absolute Gasteiger partial charge is 0.393 e. The van der Waals surface area contributed by atoms with Crippen molar-refractivity contribution in [1.29, 1.82) is 0 Å². The van der Waals surface area contributed by atoms with E-state index in [1.165, 1.54) is 4.90 Å². The average Bonchev–Trinajstić information content (AvgIpc) is 3.19. The van der Waals surface area contributed by atoms with Gasteiger partial charge in [0.05, 0.1) is 11.8 Å². The second-order valence-electron chi connectivity index (χ2n) is 6.44. The minimum Gasteiger partial charge on any atom is -0.393 e. The van der Waals surface area contributed by atoms with E-state index in [-0.39, 0.29) is 35.6 Å². The zero-order valence-electron chi connectivity index (χ0n) is 13.4. The van der Waals surface area contributed by atoms with Gasteiger partial charge in [0.1, 0.15) is 11.6 Å². The molecule has 1 aromatic carbocycles. The molecular weight excluding hydrogens is 318 g/mol. The highest BCUT2D eigenvalue weighted by Gasteiger charge is 2.34. The second-order valence-corrected chi connectivity index (χ2v) is 6.44. The van der Waals surface area contributed by atoms with Crippen LogP contribution in [0.1, 0.15) is 31.2 Å². The fraction of sp³-hybridized carbons (Fsp3) is 0.529. The highest BCUT2D eigenvalue weighted by atomic mass is 19.1. The van der Waals surface area contributed by atoms with E-state index in [1.807, 2.05) is 0 Å². The minimum atomic E-state index is -0.841. The number of likely N-dealkylation sites (N-methyl/N-ethyl adjacent to an activating group) is 1. The van der Waals surface area contributed by atoms with Crippen LogP contribution in [0.4, 0.5) is 8.78 Å². The summed E-state index contributed by atoms with van der Waals surface area (Å²) in [7, 11) is 1.65. The molecule has 2 aliphatic rings. The van der Waals surface area contributed by atoms with Crippen LogP contribution in [0.15, 0.2) is 23.4 Å². The number of aliphatic hydroxyl groups excluding tert-OH is 1. The van der Waals surface area contributed by atoms with E-state index in [1.54, 1.807) is 7.05 Å². The molecule has 3 unspecified atom stereocenters. The summed E-state index contributed by atoms with van der Waals surface area (Å²) >= 11 is 0. The summed E-state index contributed by atoms with van der Waals surface area (Å²) in [6, 6.07) is 3.09. The molecule has 1 heterocycles. The molecule has 3 atom stereocenters. The summed E-state index contributed by atoms with van der Waals surface area (Å²) in [5.41, 5.74) is 0.235. The third-order valence-corrected chi connectivity index (χ3v) is 4.69. The van der Waals surface area contributed by atoms with E-state index in [2.05, 4.69) is 5.16 Å². The van der Waals surface area contributed by atoms with Gasteiger partial charge in [-0.1, -0.05) is 11.6 Å². The standard InChI is InChI=1S/C17H20F2N2O3/c1-21(9-10-3-2-4-15(10)22)17(23)16-8-14(20-24-16)12-7-11(18)5-6-13(12)19/h5-7,10,15-16,22H,2-4,8-9H2,1H3. The van der Waals surface area contributed by atoms with Gasteiger partial charge in [-0.25, -0.2) is 8.78 Å². The average molecular weight is 338 g/mol. The van der Waals surface area contributed by atoms with Crippen LogP contribution < -0.4 is 0 Å². The Morgan fingerprint density at radius 3 is 2.92 bits per heavy atom. The molecule has 1 saturated carbocycles. The maximum absolute atomic E-state index is 13.8. The van der Waals surface area contributed by atoms with Gasteiger partial charge in [-0.2, -0.15) is 0 Å². The van der Waals surface area contributed by atoms with Crippen LogP contribution in [0.3, 0.4) is 0 Å². The molecule has 1 fully saturated rings. The van der Waals surface area contributed by atoms with Crippen LogP contribution in [0.5, 0.6) is 0 Å². The summed E-state index contributed by atoms with van der Waals surface area (Å²) < 4.78 is 27.1. The number of carbonyl (C=O) groups excluding carboxylic acids is 1. The van der Waals surface area contributed by atoms with Gasteiger partial charge in [0.2, 0.25) is 6.10 Å². The van der Waals surface area contributed by atoms with Crippen LogP contribution >= 0.6 is 0 Å². The topological polar surface area (TPSA) is 62.1 Å². The molecule has 0 radical (unpaired) electrons. The van der Waals surface area contributed by atoms with Crippen molar-refractivity contribution in [2.45, 2.75) is 37.9 Å². The van der Waals surface area contributed by atoms with Crippen LogP contribution in [-0.4, -0.2) is 47.4 Å². The molecule has 0 spiro atoms. The molecule has 1 aromatic rings. The van der Waals surface area contributed by atoms with Gasteiger partial charge in [0, 0.05) is 31.5 Å². The zero-order valence-corrected chi connectivity index (χ0v) is 13.4. The fourth-order valence-electron chi connectivity index (χ4n) is 3.31. The Hall–Kier alpha value is -2.02. The number of carbonyl (C=O) groups is 1. The van der Waals surface area contributed by atoms with Gasteiger partial charge in [0.15, 0.2) is 0 Å². The molecule has 1 amide bonds. The first kappa shape index (κ1) is 16.8. The minimum absolute atomic E-state index is 0.0131. The van der Waals surface area contributed by atoms with Crippen molar-refractivity contribution in [3.05, 3.63) is 35.4 Å². The highest BCUT2D eigenvalue weighted by Crippen LogP contribution is 2.27. The lowest BCUT2D eigenvalue weighted by Gasteiger charge is -2.24. The van der Waals surface area contributed by atoms with Crippen molar-refractivity contribution >= 4 is 11.6 Å². The second kappa shape index (κ2) is 6.84. The summed E-state index contributed by atoms with van der Waals surface area (Å²) in [5.74, 6) is -1.38. The van der Waals surface area contributed by atoms with Crippen molar-refractivity contribution in [2.75, 3.05) is 13.6 Å². The molecule has 1 N–H and O–H groups in total. The van der Waals surface area contributed by atoms with E-state index < -0.39 is 17.7 Å². The van der Waals surface area contributed by atoms with Crippen molar-refractivity contribution in [3.63, 3.8) is 0 Å². The maximum atomic E-state index is 13.8. The van der Waals surface area contributed by atoms with Gasteiger partial charge in [-0.3, -0.25) is 4.79 Å². The number of hydrogen-bond donors (Lipinski definition) is 1. The Bertz CT molecular complexity index is 665. The predicted octanol–water partition coefficient (Wildman–Crippen LogP) is 2.08. The first-order valence-corrected chi connectivity index (χ1v) is 8.07. The van der Waals surface area contributed by atoms with Crippen molar-refractivity contribution in [2.24, 2.45) is 11.1 Å². The molecule has 130 valence electrons.